The zero-order valence-corrected chi connectivity index (χ0v) is 15.5. The largest absolute Gasteiger partial charge is 0.491 e. The Hall–Kier alpha value is -3.15. The summed E-state index contributed by atoms with van der Waals surface area (Å²) in [7, 11) is 0. The van der Waals surface area contributed by atoms with Gasteiger partial charge in [0.2, 0.25) is 6.79 Å². The maximum absolute atomic E-state index is 12.9. The first-order chi connectivity index (χ1) is 14.4. The maximum Gasteiger partial charge on any atom is 0.416 e. The number of amides is 1. The van der Waals surface area contributed by atoms with Crippen LogP contribution in [0.5, 0.6) is 17.2 Å². The molecular formula is C19H15F6NO5. The third-order valence-corrected chi connectivity index (χ3v) is 4.13. The Bertz CT molecular complexity index is 928. The highest BCUT2D eigenvalue weighted by Gasteiger charge is 2.37. The van der Waals surface area contributed by atoms with Gasteiger partial charge in [0.25, 0.3) is 5.91 Å². The molecule has 1 atom stereocenters. The van der Waals surface area contributed by atoms with Crippen LogP contribution in [0.3, 0.4) is 0 Å². The first kappa shape index (κ1) is 22.5. The highest BCUT2D eigenvalue weighted by Crippen LogP contribution is 2.37. The van der Waals surface area contributed by atoms with Crippen LogP contribution >= 0.6 is 0 Å². The van der Waals surface area contributed by atoms with E-state index in [1.54, 1.807) is 12.1 Å². The molecule has 0 fully saturated rings. The van der Waals surface area contributed by atoms with Crippen molar-refractivity contribution in [1.82, 2.24) is 5.32 Å². The zero-order valence-electron chi connectivity index (χ0n) is 15.5. The molecule has 0 aliphatic carbocycles. The quantitative estimate of drug-likeness (QED) is 0.657. The molecule has 0 saturated heterocycles. The summed E-state index contributed by atoms with van der Waals surface area (Å²) >= 11 is 0. The van der Waals surface area contributed by atoms with E-state index in [4.69, 9.17) is 14.2 Å². The second-order valence-corrected chi connectivity index (χ2v) is 6.48. The van der Waals surface area contributed by atoms with Crippen LogP contribution < -0.4 is 19.5 Å². The summed E-state index contributed by atoms with van der Waals surface area (Å²) in [6.07, 6.45) is -11.4. The van der Waals surface area contributed by atoms with Crippen LogP contribution in [0.15, 0.2) is 36.4 Å². The highest BCUT2D eigenvalue weighted by atomic mass is 19.4. The molecule has 6 nitrogen and oxygen atoms in total. The molecule has 1 aliphatic rings. The van der Waals surface area contributed by atoms with E-state index >= 15 is 0 Å². The van der Waals surface area contributed by atoms with Gasteiger partial charge in [0, 0.05) is 18.2 Å². The van der Waals surface area contributed by atoms with E-state index in [9.17, 15) is 36.2 Å². The number of nitrogens with one attached hydrogen (secondary N) is 1. The Morgan fingerprint density at radius 1 is 1.00 bits per heavy atom. The van der Waals surface area contributed by atoms with Crippen LogP contribution in [-0.4, -0.2) is 37.1 Å². The average Bonchev–Trinajstić information content (AvgIpc) is 3.16. The summed E-state index contributed by atoms with van der Waals surface area (Å²) in [5.41, 5.74) is -4.07. The predicted octanol–water partition coefficient (Wildman–Crippen LogP) is 3.62. The van der Waals surface area contributed by atoms with Gasteiger partial charge >= 0.3 is 12.4 Å². The number of rotatable bonds is 6. The number of carbonyl (C=O) groups is 1. The number of aliphatic hydroxyl groups is 1. The molecule has 0 bridgehead atoms. The van der Waals surface area contributed by atoms with Crippen molar-refractivity contribution in [3.05, 3.63) is 53.1 Å². The lowest BCUT2D eigenvalue weighted by Gasteiger charge is -2.16. The fourth-order valence-electron chi connectivity index (χ4n) is 2.62. The number of carbonyl (C=O) groups excluding carboxylic acids is 1. The number of benzene rings is 2. The van der Waals surface area contributed by atoms with Gasteiger partial charge in [-0.2, -0.15) is 26.3 Å². The van der Waals surface area contributed by atoms with E-state index < -0.39 is 47.6 Å². The number of hydrogen-bond donors (Lipinski definition) is 2. The smallest absolute Gasteiger partial charge is 0.416 e. The molecule has 1 unspecified atom stereocenters. The number of hydrogen-bond acceptors (Lipinski definition) is 5. The Balaban J connectivity index is 1.60. The van der Waals surface area contributed by atoms with Crippen molar-refractivity contribution < 1.29 is 50.5 Å². The minimum Gasteiger partial charge on any atom is -0.491 e. The number of alkyl halides is 6. The molecule has 0 aromatic heterocycles. The van der Waals surface area contributed by atoms with Gasteiger partial charge in [-0.15, -0.1) is 0 Å². The molecular weight excluding hydrogens is 436 g/mol. The molecule has 2 aromatic rings. The van der Waals surface area contributed by atoms with Crippen LogP contribution in [0.4, 0.5) is 26.3 Å². The first-order valence-electron chi connectivity index (χ1n) is 8.71. The fraction of sp³-hybridized carbons (Fsp3) is 0.316. The Morgan fingerprint density at radius 3 is 2.23 bits per heavy atom. The lowest BCUT2D eigenvalue weighted by Crippen LogP contribution is -2.35. The monoisotopic (exact) mass is 451 g/mol. The van der Waals surface area contributed by atoms with Crippen molar-refractivity contribution in [2.24, 2.45) is 0 Å². The second kappa shape index (κ2) is 8.53. The molecule has 12 heteroatoms. The van der Waals surface area contributed by atoms with E-state index in [-0.39, 0.29) is 19.5 Å². The highest BCUT2D eigenvalue weighted by molar-refractivity contribution is 5.94. The van der Waals surface area contributed by atoms with Crippen LogP contribution in [-0.2, 0) is 12.4 Å². The van der Waals surface area contributed by atoms with E-state index in [2.05, 4.69) is 5.32 Å². The van der Waals surface area contributed by atoms with Gasteiger partial charge in [-0.05, 0) is 30.3 Å². The number of fused-ring (bicyclic) bond motifs is 1. The number of halogens is 6. The lowest BCUT2D eigenvalue weighted by atomic mass is 10.0. The second-order valence-electron chi connectivity index (χ2n) is 6.48. The average molecular weight is 451 g/mol. The molecule has 0 spiro atoms. The Morgan fingerprint density at radius 2 is 1.61 bits per heavy atom. The molecule has 31 heavy (non-hydrogen) atoms. The number of ether oxygens (including phenoxy) is 3. The van der Waals surface area contributed by atoms with Crippen molar-refractivity contribution in [3.63, 3.8) is 0 Å². The van der Waals surface area contributed by atoms with Crippen LogP contribution in [0.1, 0.15) is 21.5 Å². The van der Waals surface area contributed by atoms with Crippen molar-refractivity contribution in [2.45, 2.75) is 18.5 Å². The molecule has 3 rings (SSSR count). The zero-order chi connectivity index (χ0) is 22.8. The van der Waals surface area contributed by atoms with Gasteiger partial charge < -0.3 is 24.6 Å². The van der Waals surface area contributed by atoms with Gasteiger partial charge in [0.1, 0.15) is 18.5 Å². The standard InChI is InChI=1S/C19H15F6NO5/c20-18(21,22)11-3-10(4-12(5-11)19(23,24)25)17(28)26-7-13(27)8-29-14-1-2-15-16(6-14)31-9-30-15/h1-6,13,27H,7-9H2,(H,26,28). The minimum atomic E-state index is -5.08. The molecule has 0 saturated carbocycles. The van der Waals surface area contributed by atoms with Crippen molar-refractivity contribution in [1.29, 1.82) is 0 Å². The third-order valence-electron chi connectivity index (χ3n) is 4.13. The van der Waals surface area contributed by atoms with Crippen molar-refractivity contribution in [3.8, 4) is 17.2 Å². The Labute approximate surface area is 171 Å². The Kier molecular flexibility index (Phi) is 6.20. The summed E-state index contributed by atoms with van der Waals surface area (Å²) < 4.78 is 92.9. The van der Waals surface area contributed by atoms with Gasteiger partial charge in [-0.1, -0.05) is 0 Å². The van der Waals surface area contributed by atoms with Crippen molar-refractivity contribution in [2.75, 3.05) is 19.9 Å². The van der Waals surface area contributed by atoms with E-state index in [1.165, 1.54) is 6.07 Å². The van der Waals surface area contributed by atoms with Gasteiger partial charge in [-0.25, -0.2) is 0 Å². The first-order valence-corrected chi connectivity index (χ1v) is 8.71. The normalized spacial score (nSPS) is 14.3. The van der Waals surface area contributed by atoms with Crippen LogP contribution in [0, 0.1) is 0 Å². The summed E-state index contributed by atoms with van der Waals surface area (Å²) in [5.74, 6) is 0.0610. The number of aliphatic hydroxyl groups excluding tert-OH is 1. The summed E-state index contributed by atoms with van der Waals surface area (Å²) in [4.78, 5) is 12.1. The summed E-state index contributed by atoms with van der Waals surface area (Å²) in [6.45, 7) is -0.726. The molecule has 2 aromatic carbocycles. The van der Waals surface area contributed by atoms with Crippen molar-refractivity contribution >= 4 is 5.91 Å². The SMILES string of the molecule is O=C(NCC(O)COc1ccc2c(c1)OCO2)c1cc(C(F)(F)F)cc(C(F)(F)F)c1. The molecule has 1 amide bonds. The van der Waals surface area contributed by atoms with Crippen LogP contribution in [0.2, 0.25) is 0 Å². The summed E-state index contributed by atoms with van der Waals surface area (Å²) in [6, 6.07) is 5.16. The van der Waals surface area contributed by atoms with Crippen LogP contribution in [0.25, 0.3) is 0 Å². The fourth-order valence-corrected chi connectivity index (χ4v) is 2.62. The minimum absolute atomic E-state index is 0.0546. The van der Waals surface area contributed by atoms with E-state index in [1.807, 2.05) is 0 Å². The maximum atomic E-state index is 12.9. The molecule has 2 N–H and O–H groups in total. The van der Waals surface area contributed by atoms with Gasteiger partial charge in [0.15, 0.2) is 11.5 Å². The summed E-state index contributed by atoms with van der Waals surface area (Å²) in [5, 5.41) is 12.0. The van der Waals surface area contributed by atoms with E-state index in [0.29, 0.717) is 29.4 Å². The molecule has 1 heterocycles. The molecule has 168 valence electrons. The van der Waals surface area contributed by atoms with Gasteiger partial charge in [0.05, 0.1) is 11.1 Å². The molecule has 1 aliphatic heterocycles. The lowest BCUT2D eigenvalue weighted by molar-refractivity contribution is -0.143. The topological polar surface area (TPSA) is 77.0 Å². The molecule has 0 radical (unpaired) electrons. The van der Waals surface area contributed by atoms with E-state index in [0.717, 1.165) is 0 Å². The predicted molar refractivity (Wildman–Crippen MR) is 92.8 cm³/mol. The van der Waals surface area contributed by atoms with Gasteiger partial charge in [-0.3, -0.25) is 4.79 Å². The third kappa shape index (κ3) is 5.72.